The summed E-state index contributed by atoms with van der Waals surface area (Å²) >= 11 is 6.13. The normalized spacial score (nSPS) is 11.7. The molecule has 1 heterocycles. The molecular weight excluding hydrogens is 312 g/mol. The zero-order valence-electron chi connectivity index (χ0n) is 11.7. The molecule has 0 fully saturated rings. The van der Waals surface area contributed by atoms with Gasteiger partial charge in [-0.3, -0.25) is 19.2 Å². The van der Waals surface area contributed by atoms with Crippen LogP contribution in [0.3, 0.4) is 0 Å². The van der Waals surface area contributed by atoms with Gasteiger partial charge in [-0.05, 0) is 12.8 Å². The third-order valence-corrected chi connectivity index (χ3v) is 3.20. The molecule has 0 saturated carbocycles. The number of carbonyl (C=O) groups is 4. The Bertz CT molecular complexity index is 579. The molecule has 0 aliphatic carbocycles. The summed E-state index contributed by atoms with van der Waals surface area (Å²) in [7, 11) is 0. The second-order valence-corrected chi connectivity index (χ2v) is 5.04. The van der Waals surface area contributed by atoms with Crippen LogP contribution in [0.15, 0.2) is 6.33 Å². The Hall–Kier alpha value is -2.22. The number of hydrogen-bond donors (Lipinski definition) is 1. The van der Waals surface area contributed by atoms with Crippen molar-refractivity contribution in [3.63, 3.8) is 0 Å². The Morgan fingerprint density at radius 2 is 1.95 bits per heavy atom. The Labute approximate surface area is 131 Å². The maximum Gasteiger partial charge on any atom is 0.273 e. The van der Waals surface area contributed by atoms with Gasteiger partial charge in [0.2, 0.25) is 11.7 Å². The van der Waals surface area contributed by atoms with Crippen LogP contribution >= 0.6 is 11.6 Å². The van der Waals surface area contributed by atoms with Gasteiger partial charge in [0.1, 0.15) is 6.33 Å². The largest absolute Gasteiger partial charge is 0.370 e. The second-order valence-electron chi connectivity index (χ2n) is 4.51. The van der Waals surface area contributed by atoms with Crippen LogP contribution in [-0.4, -0.2) is 38.7 Å². The van der Waals surface area contributed by atoms with E-state index in [0.29, 0.717) is 19.3 Å². The summed E-state index contributed by atoms with van der Waals surface area (Å²) in [5.41, 5.74) is 5.03. The SMILES string of the molecule is NC(=O)CCCCCC(Cl)c1ncnc(C(=O)C(=O)C=O)n1. The number of unbranched alkanes of at least 4 members (excludes halogenated alkanes) is 2. The number of aromatic nitrogens is 3. The molecule has 0 bridgehead atoms. The number of nitrogens with zero attached hydrogens (tertiary/aromatic N) is 3. The Morgan fingerprint density at radius 1 is 1.23 bits per heavy atom. The number of ketones is 2. The Kier molecular flexibility index (Phi) is 7.24. The van der Waals surface area contributed by atoms with Crippen molar-refractivity contribution in [3.8, 4) is 0 Å². The molecule has 0 saturated heterocycles. The molecule has 0 spiro atoms. The molecule has 0 aliphatic rings. The molecule has 8 nitrogen and oxygen atoms in total. The summed E-state index contributed by atoms with van der Waals surface area (Å²) in [5.74, 6) is -2.91. The smallest absolute Gasteiger partial charge is 0.273 e. The minimum absolute atomic E-state index is 0.0945. The number of primary amides is 1. The third-order valence-electron chi connectivity index (χ3n) is 2.79. The standard InChI is InChI=1S/C13H15ClN4O4/c14-8(4-2-1-3-5-10(15)21)12-16-7-17-13(18-12)11(22)9(20)6-19/h6-8H,1-5H2,(H2,15,21). The number of amides is 1. The van der Waals surface area contributed by atoms with Crippen molar-refractivity contribution in [1.82, 2.24) is 15.0 Å². The molecule has 22 heavy (non-hydrogen) atoms. The lowest BCUT2D eigenvalue weighted by Gasteiger charge is -2.08. The number of aldehydes is 1. The van der Waals surface area contributed by atoms with Gasteiger partial charge in [0, 0.05) is 6.42 Å². The van der Waals surface area contributed by atoms with Gasteiger partial charge in [-0.2, -0.15) is 0 Å². The lowest BCUT2D eigenvalue weighted by atomic mass is 10.1. The monoisotopic (exact) mass is 326 g/mol. The van der Waals surface area contributed by atoms with E-state index < -0.39 is 22.8 Å². The molecule has 9 heteroatoms. The van der Waals surface area contributed by atoms with Crippen LogP contribution in [0, 0.1) is 0 Å². The molecule has 1 aromatic rings. The quantitative estimate of drug-likeness (QED) is 0.166. The average molecular weight is 327 g/mol. The summed E-state index contributed by atoms with van der Waals surface area (Å²) in [5, 5.41) is -0.561. The second kappa shape index (κ2) is 8.93. The van der Waals surface area contributed by atoms with E-state index in [1.165, 1.54) is 0 Å². The zero-order valence-corrected chi connectivity index (χ0v) is 12.5. The topological polar surface area (TPSA) is 133 Å². The van der Waals surface area contributed by atoms with Crippen LogP contribution in [0.25, 0.3) is 0 Å². The van der Waals surface area contributed by atoms with Crippen LogP contribution in [0.4, 0.5) is 0 Å². The van der Waals surface area contributed by atoms with Crippen molar-refractivity contribution in [2.45, 2.75) is 37.5 Å². The lowest BCUT2D eigenvalue weighted by Crippen LogP contribution is -2.19. The van der Waals surface area contributed by atoms with Crippen molar-refractivity contribution in [2.24, 2.45) is 5.73 Å². The number of Topliss-reactive ketones (excluding diaryl/α,β-unsaturated/α-hetero) is 2. The van der Waals surface area contributed by atoms with E-state index in [1.54, 1.807) is 0 Å². The molecule has 1 atom stereocenters. The van der Waals surface area contributed by atoms with Crippen molar-refractivity contribution >= 4 is 35.4 Å². The van der Waals surface area contributed by atoms with Gasteiger partial charge in [0.25, 0.3) is 11.6 Å². The predicted molar refractivity (Wildman–Crippen MR) is 76.1 cm³/mol. The maximum atomic E-state index is 11.5. The fraction of sp³-hybridized carbons (Fsp3) is 0.462. The first-order valence-electron chi connectivity index (χ1n) is 6.60. The highest BCUT2D eigenvalue weighted by Crippen LogP contribution is 2.23. The molecule has 1 unspecified atom stereocenters. The van der Waals surface area contributed by atoms with Crippen LogP contribution in [-0.2, 0) is 14.4 Å². The summed E-state index contributed by atoms with van der Waals surface area (Å²) < 4.78 is 0. The fourth-order valence-corrected chi connectivity index (χ4v) is 1.92. The van der Waals surface area contributed by atoms with E-state index in [9.17, 15) is 19.2 Å². The summed E-state index contributed by atoms with van der Waals surface area (Å²) in [4.78, 5) is 54.6. The number of carbonyl (C=O) groups excluding carboxylic acids is 4. The van der Waals surface area contributed by atoms with Crippen LogP contribution < -0.4 is 5.73 Å². The molecular formula is C13H15ClN4O4. The molecule has 1 rings (SSSR count). The summed E-state index contributed by atoms with van der Waals surface area (Å²) in [6.45, 7) is 0. The predicted octanol–water partition coefficient (Wildman–Crippen LogP) is 0.538. The van der Waals surface area contributed by atoms with Crippen molar-refractivity contribution in [2.75, 3.05) is 0 Å². The van der Waals surface area contributed by atoms with Gasteiger partial charge in [0.05, 0.1) is 5.38 Å². The van der Waals surface area contributed by atoms with E-state index in [-0.39, 0.29) is 18.0 Å². The maximum absolute atomic E-state index is 11.5. The minimum atomic E-state index is -1.23. The van der Waals surface area contributed by atoms with Crippen LogP contribution in [0.2, 0.25) is 0 Å². The van der Waals surface area contributed by atoms with Crippen molar-refractivity contribution in [1.29, 1.82) is 0 Å². The van der Waals surface area contributed by atoms with Gasteiger partial charge >= 0.3 is 0 Å². The molecule has 118 valence electrons. The van der Waals surface area contributed by atoms with Gasteiger partial charge in [-0.15, -0.1) is 11.6 Å². The van der Waals surface area contributed by atoms with Crippen LogP contribution in [0.5, 0.6) is 0 Å². The number of nitrogens with two attached hydrogens (primary N) is 1. The van der Waals surface area contributed by atoms with E-state index >= 15 is 0 Å². The molecule has 1 amide bonds. The van der Waals surface area contributed by atoms with E-state index in [1.807, 2.05) is 0 Å². The first-order valence-corrected chi connectivity index (χ1v) is 7.04. The molecule has 0 aliphatic heterocycles. The first-order chi connectivity index (χ1) is 10.5. The minimum Gasteiger partial charge on any atom is -0.370 e. The van der Waals surface area contributed by atoms with Crippen LogP contribution in [0.1, 0.15) is 53.9 Å². The van der Waals surface area contributed by atoms with Crippen molar-refractivity contribution < 1.29 is 19.2 Å². The summed E-state index contributed by atoms with van der Waals surface area (Å²) in [6, 6.07) is 0. The first kappa shape index (κ1) is 17.8. The highest BCUT2D eigenvalue weighted by Gasteiger charge is 2.20. The highest BCUT2D eigenvalue weighted by atomic mass is 35.5. The highest BCUT2D eigenvalue weighted by molar-refractivity contribution is 6.61. The molecule has 2 N–H and O–H groups in total. The molecule has 0 aromatic carbocycles. The fourth-order valence-electron chi connectivity index (χ4n) is 1.66. The number of halogens is 1. The Balaban J connectivity index is 2.57. The molecule has 0 radical (unpaired) electrons. The van der Waals surface area contributed by atoms with E-state index in [2.05, 4.69) is 15.0 Å². The van der Waals surface area contributed by atoms with Gasteiger partial charge < -0.3 is 5.73 Å². The third kappa shape index (κ3) is 5.65. The molecule has 1 aromatic heterocycles. The number of hydrogen-bond acceptors (Lipinski definition) is 7. The van der Waals surface area contributed by atoms with Crippen molar-refractivity contribution in [3.05, 3.63) is 18.0 Å². The zero-order chi connectivity index (χ0) is 16.5. The van der Waals surface area contributed by atoms with E-state index in [0.717, 1.165) is 19.2 Å². The summed E-state index contributed by atoms with van der Waals surface area (Å²) in [6.07, 6.45) is 3.99. The average Bonchev–Trinajstić information content (AvgIpc) is 2.52. The number of rotatable bonds is 10. The lowest BCUT2D eigenvalue weighted by molar-refractivity contribution is -0.126. The van der Waals surface area contributed by atoms with Gasteiger partial charge in [0.15, 0.2) is 12.1 Å². The van der Waals surface area contributed by atoms with E-state index in [4.69, 9.17) is 17.3 Å². The number of alkyl halides is 1. The Morgan fingerprint density at radius 3 is 2.59 bits per heavy atom. The van der Waals surface area contributed by atoms with Gasteiger partial charge in [-0.1, -0.05) is 12.8 Å². The van der Waals surface area contributed by atoms with Gasteiger partial charge in [-0.25, -0.2) is 15.0 Å².